The molecular formula is C13H11BrF3NO3. The molecule has 0 atom stereocenters. The van der Waals surface area contributed by atoms with Crippen LogP contribution in [0.1, 0.15) is 10.4 Å². The summed E-state index contributed by atoms with van der Waals surface area (Å²) in [6.07, 6.45) is -4.80. The van der Waals surface area contributed by atoms with Crippen molar-refractivity contribution in [3.63, 3.8) is 0 Å². The normalized spacial score (nSPS) is 19.9. The quantitative estimate of drug-likeness (QED) is 0.808. The van der Waals surface area contributed by atoms with Gasteiger partial charge in [0.05, 0.1) is 23.1 Å². The molecule has 21 heavy (non-hydrogen) atoms. The van der Waals surface area contributed by atoms with Crippen LogP contribution in [0.4, 0.5) is 13.2 Å². The Morgan fingerprint density at radius 2 is 2.00 bits per heavy atom. The van der Waals surface area contributed by atoms with Gasteiger partial charge >= 0.3 is 6.36 Å². The number of amides is 1. The molecule has 0 saturated carbocycles. The minimum absolute atomic E-state index is 0.0658. The maximum atomic E-state index is 12.3. The van der Waals surface area contributed by atoms with E-state index in [9.17, 15) is 18.0 Å². The van der Waals surface area contributed by atoms with Gasteiger partial charge in [0.2, 0.25) is 0 Å². The SMILES string of the molecule is O=C(c1ccc(Br)c(OC(F)(F)F)c1)N1CC2(COC2)C1. The molecule has 2 aliphatic heterocycles. The van der Waals surface area contributed by atoms with E-state index in [0.717, 1.165) is 6.07 Å². The molecule has 114 valence electrons. The number of benzene rings is 1. The lowest BCUT2D eigenvalue weighted by atomic mass is 9.78. The van der Waals surface area contributed by atoms with Crippen LogP contribution in [0.2, 0.25) is 0 Å². The van der Waals surface area contributed by atoms with Crippen molar-refractivity contribution >= 4 is 21.8 Å². The van der Waals surface area contributed by atoms with E-state index in [2.05, 4.69) is 20.7 Å². The van der Waals surface area contributed by atoms with Crippen LogP contribution < -0.4 is 4.74 Å². The summed E-state index contributed by atoms with van der Waals surface area (Å²) in [5.41, 5.74) is 0.239. The summed E-state index contributed by atoms with van der Waals surface area (Å²) >= 11 is 2.97. The third-order valence-corrected chi connectivity index (χ3v) is 4.22. The molecule has 2 fully saturated rings. The van der Waals surface area contributed by atoms with Crippen LogP contribution in [0.25, 0.3) is 0 Å². The molecule has 8 heteroatoms. The Kier molecular flexibility index (Phi) is 3.40. The highest BCUT2D eigenvalue weighted by Gasteiger charge is 2.50. The van der Waals surface area contributed by atoms with Gasteiger partial charge in [0.15, 0.2) is 0 Å². The fourth-order valence-corrected chi connectivity index (χ4v) is 2.83. The number of rotatable bonds is 2. The van der Waals surface area contributed by atoms with Crippen molar-refractivity contribution in [3.8, 4) is 5.75 Å². The van der Waals surface area contributed by atoms with E-state index < -0.39 is 12.1 Å². The number of halogens is 4. The largest absolute Gasteiger partial charge is 0.573 e. The van der Waals surface area contributed by atoms with E-state index in [1.807, 2.05) is 0 Å². The van der Waals surface area contributed by atoms with Gasteiger partial charge in [0.1, 0.15) is 5.75 Å². The molecule has 2 heterocycles. The number of hydrogen-bond donors (Lipinski definition) is 0. The van der Waals surface area contributed by atoms with E-state index in [0.29, 0.717) is 26.3 Å². The smallest absolute Gasteiger partial charge is 0.405 e. The number of likely N-dealkylation sites (tertiary alicyclic amines) is 1. The molecule has 2 aliphatic rings. The number of hydrogen-bond acceptors (Lipinski definition) is 3. The molecule has 0 bridgehead atoms. The summed E-state index contributed by atoms with van der Waals surface area (Å²) in [5, 5.41) is 0. The van der Waals surface area contributed by atoms with E-state index in [4.69, 9.17) is 4.74 Å². The first kappa shape index (κ1) is 14.6. The molecule has 0 aromatic heterocycles. The van der Waals surface area contributed by atoms with E-state index >= 15 is 0 Å². The van der Waals surface area contributed by atoms with Gasteiger partial charge in [-0.05, 0) is 34.1 Å². The Balaban J connectivity index is 1.73. The number of carbonyl (C=O) groups excluding carboxylic acids is 1. The van der Waals surface area contributed by atoms with Crippen molar-refractivity contribution in [3.05, 3.63) is 28.2 Å². The van der Waals surface area contributed by atoms with Crippen LogP contribution in [0, 0.1) is 5.41 Å². The average Bonchev–Trinajstić information content (AvgIpc) is 2.26. The van der Waals surface area contributed by atoms with Crippen LogP contribution in [-0.2, 0) is 4.74 Å². The van der Waals surface area contributed by atoms with Gasteiger partial charge in [0.25, 0.3) is 5.91 Å². The third-order valence-electron chi connectivity index (χ3n) is 3.56. The first-order valence-corrected chi connectivity index (χ1v) is 7.00. The number of nitrogens with zero attached hydrogens (tertiary/aromatic N) is 1. The second-order valence-electron chi connectivity index (χ2n) is 5.35. The molecule has 4 nitrogen and oxygen atoms in total. The molecule has 1 aromatic rings. The zero-order valence-electron chi connectivity index (χ0n) is 10.7. The van der Waals surface area contributed by atoms with E-state index in [1.54, 1.807) is 4.90 Å². The van der Waals surface area contributed by atoms with Crippen LogP contribution in [-0.4, -0.2) is 43.5 Å². The van der Waals surface area contributed by atoms with Gasteiger partial charge in [0, 0.05) is 18.7 Å². The second kappa shape index (κ2) is 4.88. The summed E-state index contributed by atoms with van der Waals surface area (Å²) in [6, 6.07) is 3.94. The van der Waals surface area contributed by atoms with E-state index in [1.165, 1.54) is 12.1 Å². The van der Waals surface area contributed by atoms with Crippen LogP contribution in [0.5, 0.6) is 5.75 Å². The van der Waals surface area contributed by atoms with Gasteiger partial charge in [-0.25, -0.2) is 0 Å². The third kappa shape index (κ3) is 2.87. The van der Waals surface area contributed by atoms with Crippen molar-refractivity contribution < 1.29 is 27.4 Å². The Bertz CT molecular complexity index is 579. The average molecular weight is 366 g/mol. The lowest BCUT2D eigenvalue weighted by Gasteiger charge is -2.54. The highest BCUT2D eigenvalue weighted by Crippen LogP contribution is 2.39. The van der Waals surface area contributed by atoms with Crippen LogP contribution in [0.15, 0.2) is 22.7 Å². The molecule has 0 aliphatic carbocycles. The molecule has 0 unspecified atom stereocenters. The highest BCUT2D eigenvalue weighted by atomic mass is 79.9. The summed E-state index contributed by atoms with van der Waals surface area (Å²) in [7, 11) is 0. The Morgan fingerprint density at radius 3 is 2.52 bits per heavy atom. The van der Waals surface area contributed by atoms with Crippen LogP contribution in [0.3, 0.4) is 0 Å². The second-order valence-corrected chi connectivity index (χ2v) is 6.20. The molecule has 1 amide bonds. The first-order valence-electron chi connectivity index (χ1n) is 6.20. The molecule has 1 spiro atoms. The minimum Gasteiger partial charge on any atom is -0.405 e. The summed E-state index contributed by atoms with van der Waals surface area (Å²) in [5.74, 6) is -0.720. The number of ether oxygens (including phenoxy) is 2. The number of alkyl halides is 3. The highest BCUT2D eigenvalue weighted by molar-refractivity contribution is 9.10. The maximum Gasteiger partial charge on any atom is 0.573 e. The minimum atomic E-state index is -4.80. The molecule has 3 rings (SSSR count). The van der Waals surface area contributed by atoms with Crippen molar-refractivity contribution in [2.75, 3.05) is 26.3 Å². The lowest BCUT2D eigenvalue weighted by Crippen LogP contribution is -2.67. The van der Waals surface area contributed by atoms with Crippen molar-refractivity contribution in [1.29, 1.82) is 0 Å². The van der Waals surface area contributed by atoms with Gasteiger partial charge in [-0.3, -0.25) is 4.79 Å². The Morgan fingerprint density at radius 1 is 1.33 bits per heavy atom. The zero-order valence-corrected chi connectivity index (χ0v) is 12.3. The van der Waals surface area contributed by atoms with Crippen molar-refractivity contribution in [1.82, 2.24) is 4.90 Å². The molecule has 2 saturated heterocycles. The Hall–Kier alpha value is -1.28. The topological polar surface area (TPSA) is 38.8 Å². The summed E-state index contributed by atoms with van der Waals surface area (Å²) < 4.78 is 46.0. The van der Waals surface area contributed by atoms with E-state index in [-0.39, 0.29) is 21.4 Å². The fraction of sp³-hybridized carbons (Fsp3) is 0.462. The summed E-state index contributed by atoms with van der Waals surface area (Å²) in [6.45, 7) is 2.44. The van der Waals surface area contributed by atoms with Crippen molar-refractivity contribution in [2.45, 2.75) is 6.36 Å². The van der Waals surface area contributed by atoms with Gasteiger partial charge in [-0.15, -0.1) is 13.2 Å². The molecular weight excluding hydrogens is 355 g/mol. The summed E-state index contributed by atoms with van der Waals surface area (Å²) in [4.78, 5) is 13.8. The first-order chi connectivity index (χ1) is 9.78. The standard InChI is InChI=1S/C13H11BrF3NO3/c14-9-2-1-8(3-10(9)21-13(15,16)17)11(19)18-4-12(5-18)6-20-7-12/h1-3H,4-7H2. The van der Waals surface area contributed by atoms with Crippen LogP contribution >= 0.6 is 15.9 Å². The lowest BCUT2D eigenvalue weighted by molar-refractivity contribution is -0.274. The predicted molar refractivity (Wildman–Crippen MR) is 70.0 cm³/mol. The number of carbonyl (C=O) groups is 1. The predicted octanol–water partition coefficient (Wildman–Crippen LogP) is 2.82. The zero-order chi connectivity index (χ0) is 15.3. The fourth-order valence-electron chi connectivity index (χ4n) is 2.50. The molecule has 0 N–H and O–H groups in total. The Labute approximate surface area is 126 Å². The van der Waals surface area contributed by atoms with Gasteiger partial charge in [-0.1, -0.05) is 0 Å². The van der Waals surface area contributed by atoms with Gasteiger partial charge < -0.3 is 14.4 Å². The maximum absolute atomic E-state index is 12.3. The monoisotopic (exact) mass is 365 g/mol. The van der Waals surface area contributed by atoms with Crippen molar-refractivity contribution in [2.24, 2.45) is 5.41 Å². The molecule has 0 radical (unpaired) electrons. The van der Waals surface area contributed by atoms with Gasteiger partial charge in [-0.2, -0.15) is 0 Å². The molecule has 1 aromatic carbocycles.